The molecule has 2 heterocycles. The van der Waals surface area contributed by atoms with Crippen LogP contribution >= 0.6 is 0 Å². The van der Waals surface area contributed by atoms with E-state index in [1.165, 1.54) is 16.3 Å². The number of aromatic nitrogens is 3. The third-order valence-electron chi connectivity index (χ3n) is 3.84. The van der Waals surface area contributed by atoms with Crippen LogP contribution in [-0.4, -0.2) is 19.3 Å². The van der Waals surface area contributed by atoms with Crippen LogP contribution in [-0.2, 0) is 13.2 Å². The predicted octanol–water partition coefficient (Wildman–Crippen LogP) is 2.83. The third-order valence-corrected chi connectivity index (χ3v) is 3.84. The Bertz CT molecular complexity index is 920. The van der Waals surface area contributed by atoms with E-state index in [4.69, 9.17) is 0 Å². The van der Waals surface area contributed by atoms with Gasteiger partial charge in [-0.1, -0.05) is 36.4 Å². The van der Waals surface area contributed by atoms with Crippen LogP contribution in [0.5, 0.6) is 0 Å². The van der Waals surface area contributed by atoms with Crippen molar-refractivity contribution in [3.8, 4) is 0 Å². The zero-order chi connectivity index (χ0) is 14.2. The standard InChI is InChI=1S/C17H15N3O/c21-12-16-10-18-20-8-7-19(17(16)20)11-13-5-6-14-3-1-2-4-15(14)9-13/h1-10,21H,11-12H2. The second-order valence-corrected chi connectivity index (χ2v) is 5.20. The zero-order valence-electron chi connectivity index (χ0n) is 11.5. The smallest absolute Gasteiger partial charge is 0.141 e. The van der Waals surface area contributed by atoms with Crippen molar-refractivity contribution in [1.29, 1.82) is 0 Å². The number of fused-ring (bicyclic) bond motifs is 2. The Morgan fingerprint density at radius 2 is 1.86 bits per heavy atom. The lowest BCUT2D eigenvalue weighted by Gasteiger charge is -2.07. The Hall–Kier alpha value is -2.59. The van der Waals surface area contributed by atoms with Gasteiger partial charge in [-0.15, -0.1) is 0 Å². The van der Waals surface area contributed by atoms with Crippen LogP contribution in [0.2, 0.25) is 0 Å². The van der Waals surface area contributed by atoms with Crippen molar-refractivity contribution in [2.75, 3.05) is 0 Å². The number of benzene rings is 2. The number of rotatable bonds is 3. The minimum absolute atomic E-state index is 0.00519. The van der Waals surface area contributed by atoms with Gasteiger partial charge < -0.3 is 9.67 Å². The average Bonchev–Trinajstić information content (AvgIpc) is 3.10. The predicted molar refractivity (Wildman–Crippen MR) is 82.2 cm³/mol. The first kappa shape index (κ1) is 12.2. The van der Waals surface area contributed by atoms with E-state index in [1.54, 1.807) is 10.7 Å². The number of aliphatic hydroxyl groups excluding tert-OH is 1. The summed E-state index contributed by atoms with van der Waals surface area (Å²) in [4.78, 5) is 0. The van der Waals surface area contributed by atoms with Crippen molar-refractivity contribution in [1.82, 2.24) is 14.2 Å². The molecular formula is C17H15N3O. The van der Waals surface area contributed by atoms with E-state index in [0.717, 1.165) is 17.8 Å². The topological polar surface area (TPSA) is 42.5 Å². The summed E-state index contributed by atoms with van der Waals surface area (Å²) in [5.74, 6) is 0. The lowest BCUT2D eigenvalue weighted by Crippen LogP contribution is -2.00. The normalized spacial score (nSPS) is 11.5. The molecule has 0 saturated carbocycles. The first-order chi connectivity index (χ1) is 10.3. The minimum atomic E-state index is 0.00519. The number of hydrogen-bond acceptors (Lipinski definition) is 2. The Balaban J connectivity index is 1.77. The van der Waals surface area contributed by atoms with E-state index in [-0.39, 0.29) is 6.61 Å². The summed E-state index contributed by atoms with van der Waals surface area (Å²) in [6.45, 7) is 0.769. The van der Waals surface area contributed by atoms with Crippen LogP contribution in [0.25, 0.3) is 16.4 Å². The molecule has 2 aromatic carbocycles. The zero-order valence-corrected chi connectivity index (χ0v) is 11.5. The van der Waals surface area contributed by atoms with Crippen molar-refractivity contribution >= 4 is 16.4 Å². The maximum Gasteiger partial charge on any atom is 0.141 e. The van der Waals surface area contributed by atoms with Gasteiger partial charge in [-0.25, -0.2) is 4.52 Å². The number of nitrogens with zero attached hydrogens (tertiary/aromatic N) is 3. The maximum absolute atomic E-state index is 9.41. The fourth-order valence-electron chi connectivity index (χ4n) is 2.80. The summed E-state index contributed by atoms with van der Waals surface area (Å²) in [6.07, 6.45) is 5.62. The summed E-state index contributed by atoms with van der Waals surface area (Å²) >= 11 is 0. The molecule has 0 aliphatic carbocycles. The van der Waals surface area contributed by atoms with Crippen LogP contribution in [0.3, 0.4) is 0 Å². The Kier molecular flexibility index (Phi) is 2.75. The van der Waals surface area contributed by atoms with Crippen LogP contribution < -0.4 is 0 Å². The van der Waals surface area contributed by atoms with E-state index in [1.807, 2.05) is 12.4 Å². The van der Waals surface area contributed by atoms with E-state index in [0.29, 0.717) is 0 Å². The number of imidazole rings is 1. The molecule has 0 spiro atoms. The van der Waals surface area contributed by atoms with Gasteiger partial charge in [-0.05, 0) is 22.4 Å². The molecule has 4 aromatic rings. The quantitative estimate of drug-likeness (QED) is 0.625. The molecule has 0 atom stereocenters. The van der Waals surface area contributed by atoms with Gasteiger partial charge in [0.2, 0.25) is 0 Å². The summed E-state index contributed by atoms with van der Waals surface area (Å²) in [5.41, 5.74) is 3.03. The first-order valence-corrected chi connectivity index (χ1v) is 6.95. The fraction of sp³-hybridized carbons (Fsp3) is 0.118. The molecule has 0 radical (unpaired) electrons. The minimum Gasteiger partial charge on any atom is -0.391 e. The molecule has 0 bridgehead atoms. The molecule has 4 heteroatoms. The molecule has 0 fully saturated rings. The van der Waals surface area contributed by atoms with Crippen molar-refractivity contribution < 1.29 is 5.11 Å². The van der Waals surface area contributed by atoms with E-state index in [2.05, 4.69) is 52.1 Å². The average molecular weight is 277 g/mol. The monoisotopic (exact) mass is 277 g/mol. The van der Waals surface area contributed by atoms with E-state index in [9.17, 15) is 5.11 Å². The van der Waals surface area contributed by atoms with Crippen molar-refractivity contribution in [3.05, 3.63) is 72.2 Å². The molecule has 0 aliphatic heterocycles. The molecule has 4 rings (SSSR count). The molecule has 0 saturated heterocycles. The molecule has 21 heavy (non-hydrogen) atoms. The molecule has 1 N–H and O–H groups in total. The number of aliphatic hydroxyl groups is 1. The van der Waals surface area contributed by atoms with Gasteiger partial charge in [0.1, 0.15) is 5.65 Å². The highest BCUT2D eigenvalue weighted by atomic mass is 16.3. The van der Waals surface area contributed by atoms with Gasteiger partial charge in [0, 0.05) is 24.5 Å². The maximum atomic E-state index is 9.41. The Morgan fingerprint density at radius 1 is 1.00 bits per heavy atom. The van der Waals surface area contributed by atoms with Gasteiger partial charge in [0.25, 0.3) is 0 Å². The fourth-order valence-corrected chi connectivity index (χ4v) is 2.80. The molecule has 0 aliphatic rings. The number of hydrogen-bond donors (Lipinski definition) is 1. The van der Waals surface area contributed by atoms with Gasteiger partial charge in [-0.2, -0.15) is 5.10 Å². The summed E-state index contributed by atoms with van der Waals surface area (Å²) in [6, 6.07) is 14.9. The van der Waals surface area contributed by atoms with Crippen molar-refractivity contribution in [2.24, 2.45) is 0 Å². The van der Waals surface area contributed by atoms with Crippen molar-refractivity contribution in [3.63, 3.8) is 0 Å². The second-order valence-electron chi connectivity index (χ2n) is 5.20. The molecule has 0 amide bonds. The van der Waals surface area contributed by atoms with Gasteiger partial charge >= 0.3 is 0 Å². The van der Waals surface area contributed by atoms with Crippen LogP contribution in [0.4, 0.5) is 0 Å². The summed E-state index contributed by atoms with van der Waals surface area (Å²) < 4.78 is 3.91. The van der Waals surface area contributed by atoms with Crippen LogP contribution in [0, 0.1) is 0 Å². The molecule has 104 valence electrons. The molecule has 4 nitrogen and oxygen atoms in total. The largest absolute Gasteiger partial charge is 0.391 e. The molecular weight excluding hydrogens is 262 g/mol. The van der Waals surface area contributed by atoms with Crippen molar-refractivity contribution in [2.45, 2.75) is 13.2 Å². The van der Waals surface area contributed by atoms with Crippen LogP contribution in [0.1, 0.15) is 11.1 Å². The van der Waals surface area contributed by atoms with Gasteiger partial charge in [-0.3, -0.25) is 0 Å². The van der Waals surface area contributed by atoms with Crippen LogP contribution in [0.15, 0.2) is 61.1 Å². The summed E-state index contributed by atoms with van der Waals surface area (Å²) in [7, 11) is 0. The molecule has 2 aromatic heterocycles. The van der Waals surface area contributed by atoms with E-state index >= 15 is 0 Å². The van der Waals surface area contributed by atoms with E-state index < -0.39 is 0 Å². The second kappa shape index (κ2) is 4.75. The Labute approximate surface area is 121 Å². The molecule has 0 unspecified atom stereocenters. The summed E-state index contributed by atoms with van der Waals surface area (Å²) in [5, 5.41) is 16.1. The van der Waals surface area contributed by atoms with Gasteiger partial charge in [0.05, 0.1) is 12.8 Å². The highest BCUT2D eigenvalue weighted by Gasteiger charge is 2.08. The highest BCUT2D eigenvalue weighted by molar-refractivity contribution is 5.83. The SMILES string of the molecule is OCc1cnn2ccn(Cc3ccc4ccccc4c3)c12. The first-order valence-electron chi connectivity index (χ1n) is 6.95. The third kappa shape index (κ3) is 2.00. The lowest BCUT2D eigenvalue weighted by atomic mass is 10.1. The van der Waals surface area contributed by atoms with Gasteiger partial charge in [0.15, 0.2) is 0 Å². The lowest BCUT2D eigenvalue weighted by molar-refractivity contribution is 0.283. The Morgan fingerprint density at radius 3 is 2.71 bits per heavy atom. The highest BCUT2D eigenvalue weighted by Crippen LogP contribution is 2.18.